The van der Waals surface area contributed by atoms with E-state index in [0.717, 1.165) is 31.2 Å². The van der Waals surface area contributed by atoms with Crippen molar-refractivity contribution in [2.24, 2.45) is 4.99 Å². The van der Waals surface area contributed by atoms with Crippen LogP contribution in [-0.2, 0) is 17.9 Å². The van der Waals surface area contributed by atoms with Crippen LogP contribution in [0.3, 0.4) is 0 Å². The summed E-state index contributed by atoms with van der Waals surface area (Å²) in [6.45, 7) is 5.59. The van der Waals surface area contributed by atoms with E-state index in [1.807, 2.05) is 12.1 Å². The largest absolute Gasteiger partial charge is 0.467 e. The summed E-state index contributed by atoms with van der Waals surface area (Å²) in [4.78, 5) is 5.90. The van der Waals surface area contributed by atoms with Gasteiger partial charge in [0.1, 0.15) is 12.4 Å². The lowest BCUT2D eigenvalue weighted by molar-refractivity contribution is 0.105. The molecule has 0 unspecified atom stereocenters. The molecule has 0 aliphatic heterocycles. The third kappa shape index (κ3) is 7.67. The highest BCUT2D eigenvalue weighted by molar-refractivity contribution is 7.98. The average Bonchev–Trinajstić information content (AvgIpc) is 3.16. The lowest BCUT2D eigenvalue weighted by Gasteiger charge is -2.11. The van der Waals surface area contributed by atoms with Gasteiger partial charge in [0.2, 0.25) is 0 Å². The van der Waals surface area contributed by atoms with E-state index in [0.29, 0.717) is 19.8 Å². The summed E-state index contributed by atoms with van der Waals surface area (Å²) in [5.74, 6) is 1.69. The van der Waals surface area contributed by atoms with Gasteiger partial charge in [-0.1, -0.05) is 12.1 Å². The molecule has 2 aromatic rings. The van der Waals surface area contributed by atoms with E-state index in [-0.39, 0.29) is 0 Å². The van der Waals surface area contributed by atoms with Crippen molar-refractivity contribution < 1.29 is 9.15 Å². The van der Waals surface area contributed by atoms with Gasteiger partial charge in [-0.05, 0) is 49.4 Å². The van der Waals surface area contributed by atoms with Crippen molar-refractivity contribution in [1.29, 1.82) is 0 Å². The molecule has 0 bridgehead atoms. The van der Waals surface area contributed by atoms with E-state index in [2.05, 4.69) is 53.1 Å². The molecule has 1 heterocycles. The van der Waals surface area contributed by atoms with Gasteiger partial charge in [0, 0.05) is 24.6 Å². The van der Waals surface area contributed by atoms with Gasteiger partial charge in [0.15, 0.2) is 5.96 Å². The Hall–Kier alpha value is -1.92. The summed E-state index contributed by atoms with van der Waals surface area (Å²) in [6.07, 6.45) is 4.65. The number of ether oxygens (including phenoxy) is 1. The zero-order valence-corrected chi connectivity index (χ0v) is 15.8. The normalized spacial score (nSPS) is 11.5. The zero-order chi connectivity index (χ0) is 17.7. The number of thioether (sulfide) groups is 1. The quantitative estimate of drug-likeness (QED) is 0.293. The van der Waals surface area contributed by atoms with Gasteiger partial charge in [-0.25, -0.2) is 4.99 Å². The number of benzene rings is 1. The number of nitrogens with one attached hydrogen (secondary N) is 2. The van der Waals surface area contributed by atoms with Crippen molar-refractivity contribution in [2.75, 3.05) is 26.0 Å². The van der Waals surface area contributed by atoms with Crippen molar-refractivity contribution in [3.8, 4) is 0 Å². The lowest BCUT2D eigenvalue weighted by Crippen LogP contribution is -2.38. The number of guanidine groups is 1. The van der Waals surface area contributed by atoms with Crippen LogP contribution in [0.4, 0.5) is 0 Å². The van der Waals surface area contributed by atoms with Crippen molar-refractivity contribution in [3.05, 3.63) is 54.0 Å². The van der Waals surface area contributed by atoms with Crippen LogP contribution in [0.5, 0.6) is 0 Å². The lowest BCUT2D eigenvalue weighted by atomic mass is 10.2. The molecule has 1 aromatic carbocycles. The average molecular weight is 362 g/mol. The van der Waals surface area contributed by atoms with E-state index in [1.165, 1.54) is 10.5 Å². The SMILES string of the molecule is CCNC(=NCc1ccc(SC)cc1)NCCCOCc1ccco1. The molecule has 2 rings (SSSR count). The molecule has 0 aliphatic carbocycles. The standard InChI is InChI=1S/C19H27N3O2S/c1-3-20-19(22-14-16-7-9-18(25-2)10-8-16)21-11-5-12-23-15-17-6-4-13-24-17/h4,6-10,13H,3,5,11-12,14-15H2,1-2H3,(H2,20,21,22). The number of hydrogen-bond donors (Lipinski definition) is 2. The molecule has 0 fully saturated rings. The second-order valence-corrected chi connectivity index (χ2v) is 6.34. The monoisotopic (exact) mass is 361 g/mol. The summed E-state index contributed by atoms with van der Waals surface area (Å²) in [6, 6.07) is 12.3. The van der Waals surface area contributed by atoms with Crippen molar-refractivity contribution in [3.63, 3.8) is 0 Å². The topological polar surface area (TPSA) is 58.8 Å². The molecule has 0 spiro atoms. The molecular weight excluding hydrogens is 334 g/mol. The maximum absolute atomic E-state index is 5.57. The molecule has 0 radical (unpaired) electrons. The molecule has 0 saturated carbocycles. The molecule has 0 aliphatic rings. The van der Waals surface area contributed by atoms with Gasteiger partial charge in [0.05, 0.1) is 12.8 Å². The Morgan fingerprint density at radius 3 is 2.72 bits per heavy atom. The molecule has 0 saturated heterocycles. The van der Waals surface area contributed by atoms with E-state index in [1.54, 1.807) is 18.0 Å². The smallest absolute Gasteiger partial charge is 0.191 e. The van der Waals surface area contributed by atoms with E-state index in [9.17, 15) is 0 Å². The fourth-order valence-electron chi connectivity index (χ4n) is 2.19. The van der Waals surface area contributed by atoms with Crippen LogP contribution in [0.2, 0.25) is 0 Å². The Morgan fingerprint density at radius 2 is 2.04 bits per heavy atom. The maximum Gasteiger partial charge on any atom is 0.191 e. The van der Waals surface area contributed by atoms with Crippen LogP contribution in [0.1, 0.15) is 24.7 Å². The van der Waals surface area contributed by atoms with Crippen molar-refractivity contribution in [1.82, 2.24) is 10.6 Å². The number of nitrogens with zero attached hydrogens (tertiary/aromatic N) is 1. The van der Waals surface area contributed by atoms with Crippen LogP contribution in [0.15, 0.2) is 57.0 Å². The summed E-state index contributed by atoms with van der Waals surface area (Å²) < 4.78 is 10.8. The van der Waals surface area contributed by atoms with Gasteiger partial charge < -0.3 is 19.8 Å². The molecule has 5 nitrogen and oxygen atoms in total. The minimum Gasteiger partial charge on any atom is -0.467 e. The van der Waals surface area contributed by atoms with Gasteiger partial charge in [-0.2, -0.15) is 0 Å². The second-order valence-electron chi connectivity index (χ2n) is 5.46. The Morgan fingerprint density at radius 1 is 1.20 bits per heavy atom. The summed E-state index contributed by atoms with van der Waals surface area (Å²) >= 11 is 1.75. The molecular formula is C19H27N3O2S. The molecule has 0 atom stereocenters. The van der Waals surface area contributed by atoms with Crippen LogP contribution >= 0.6 is 11.8 Å². The number of aliphatic imine (C=N–C) groups is 1. The third-order valence-electron chi connectivity index (χ3n) is 3.51. The highest BCUT2D eigenvalue weighted by Crippen LogP contribution is 2.15. The predicted octanol–water partition coefficient (Wildman–Crippen LogP) is 3.66. The molecule has 136 valence electrons. The van der Waals surface area contributed by atoms with Crippen LogP contribution in [0.25, 0.3) is 0 Å². The third-order valence-corrected chi connectivity index (χ3v) is 4.25. The second kappa shape index (κ2) is 11.6. The van der Waals surface area contributed by atoms with Gasteiger partial charge in [-0.15, -0.1) is 11.8 Å². The zero-order valence-electron chi connectivity index (χ0n) is 15.0. The molecule has 25 heavy (non-hydrogen) atoms. The summed E-state index contributed by atoms with van der Waals surface area (Å²) in [5, 5.41) is 6.61. The van der Waals surface area contributed by atoms with Crippen LogP contribution in [0, 0.1) is 0 Å². The van der Waals surface area contributed by atoms with E-state index < -0.39 is 0 Å². The number of rotatable bonds is 10. The Bertz CT molecular complexity index is 612. The Balaban J connectivity index is 1.67. The first-order valence-corrected chi connectivity index (χ1v) is 9.79. The molecule has 0 amide bonds. The van der Waals surface area contributed by atoms with E-state index in [4.69, 9.17) is 9.15 Å². The number of hydrogen-bond acceptors (Lipinski definition) is 4. The fourth-order valence-corrected chi connectivity index (χ4v) is 2.60. The Kier molecular flexibility index (Phi) is 9.01. The van der Waals surface area contributed by atoms with Gasteiger partial charge in [0.25, 0.3) is 0 Å². The first kappa shape index (κ1) is 19.4. The minimum atomic E-state index is 0.521. The minimum absolute atomic E-state index is 0.521. The highest BCUT2D eigenvalue weighted by Gasteiger charge is 1.99. The first-order valence-electron chi connectivity index (χ1n) is 8.57. The fraction of sp³-hybridized carbons (Fsp3) is 0.421. The molecule has 1 aromatic heterocycles. The van der Waals surface area contributed by atoms with Crippen LogP contribution < -0.4 is 10.6 Å². The van der Waals surface area contributed by atoms with E-state index >= 15 is 0 Å². The number of furan rings is 1. The Labute approximate surface area is 154 Å². The summed E-state index contributed by atoms with van der Waals surface area (Å²) in [7, 11) is 0. The van der Waals surface area contributed by atoms with Gasteiger partial charge >= 0.3 is 0 Å². The van der Waals surface area contributed by atoms with Crippen LogP contribution in [-0.4, -0.2) is 31.9 Å². The molecule has 6 heteroatoms. The van der Waals surface area contributed by atoms with Gasteiger partial charge in [-0.3, -0.25) is 0 Å². The molecule has 2 N–H and O–H groups in total. The predicted molar refractivity (Wildman–Crippen MR) is 104 cm³/mol. The van der Waals surface area contributed by atoms with Crippen molar-refractivity contribution in [2.45, 2.75) is 31.4 Å². The maximum atomic E-state index is 5.57. The van der Waals surface area contributed by atoms with Crippen molar-refractivity contribution >= 4 is 17.7 Å². The summed E-state index contributed by atoms with van der Waals surface area (Å²) in [5.41, 5.74) is 1.21. The first-order chi connectivity index (χ1) is 12.3. The highest BCUT2D eigenvalue weighted by atomic mass is 32.2.